The number of rotatable bonds is 2. The van der Waals surface area contributed by atoms with Crippen molar-refractivity contribution in [1.82, 2.24) is 10.6 Å². The molecule has 1 unspecified atom stereocenters. The van der Waals surface area contributed by atoms with Crippen molar-refractivity contribution in [2.24, 2.45) is 0 Å². The predicted molar refractivity (Wildman–Crippen MR) is 64.9 cm³/mol. The molecule has 2 amide bonds. The molecule has 1 aliphatic rings. The Kier molecular flexibility index (Phi) is 3.81. The molecule has 0 aromatic heterocycles. The molecule has 2 N–H and O–H groups in total. The third-order valence-electron chi connectivity index (χ3n) is 2.80. The van der Waals surface area contributed by atoms with Crippen LogP contribution in [0.4, 0.5) is 4.39 Å². The largest absolute Gasteiger partial charge is 0.354 e. The molecule has 1 saturated heterocycles. The first-order valence-electron chi connectivity index (χ1n) is 5.59. The number of carbonyl (C=O) groups excluding carboxylic acids is 2. The highest BCUT2D eigenvalue weighted by atomic mass is 35.5. The number of nitrogens with one attached hydrogen (secondary N) is 2. The van der Waals surface area contributed by atoms with Gasteiger partial charge in [-0.1, -0.05) is 17.7 Å². The van der Waals surface area contributed by atoms with Crippen LogP contribution in [0.5, 0.6) is 0 Å². The average molecular weight is 271 g/mol. The normalized spacial score (nSPS) is 19.2. The summed E-state index contributed by atoms with van der Waals surface area (Å²) < 4.78 is 13.2. The van der Waals surface area contributed by atoms with Crippen molar-refractivity contribution < 1.29 is 14.0 Å². The Bertz CT molecular complexity index is 483. The second kappa shape index (κ2) is 5.35. The summed E-state index contributed by atoms with van der Waals surface area (Å²) in [6.45, 7) is 0.386. The van der Waals surface area contributed by atoms with E-state index in [0.717, 1.165) is 0 Å². The van der Waals surface area contributed by atoms with Gasteiger partial charge in [0.2, 0.25) is 5.91 Å². The second-order valence-electron chi connectivity index (χ2n) is 4.11. The maximum atomic E-state index is 13.2. The van der Waals surface area contributed by atoms with Gasteiger partial charge in [-0.05, 0) is 18.6 Å². The Morgan fingerprint density at radius 1 is 1.50 bits per heavy atom. The van der Waals surface area contributed by atoms with E-state index in [1.165, 1.54) is 18.2 Å². The number of benzene rings is 1. The Labute approximate surface area is 109 Å². The lowest BCUT2D eigenvalue weighted by Gasteiger charge is -2.23. The monoisotopic (exact) mass is 270 g/mol. The molecule has 1 atom stereocenters. The standard InChI is InChI=1S/C12H12ClFN2O2/c13-11-8(2-1-3-9(11)14)12(18)16-7-4-5-10(17)15-6-7/h1-3,7H,4-6H2,(H,15,17)(H,16,18). The van der Waals surface area contributed by atoms with Crippen molar-refractivity contribution in [2.45, 2.75) is 18.9 Å². The van der Waals surface area contributed by atoms with Crippen molar-refractivity contribution in [3.05, 3.63) is 34.6 Å². The molecule has 2 rings (SSSR count). The van der Waals surface area contributed by atoms with E-state index in [1.807, 2.05) is 0 Å². The summed E-state index contributed by atoms with van der Waals surface area (Å²) in [7, 11) is 0. The van der Waals surface area contributed by atoms with E-state index >= 15 is 0 Å². The highest BCUT2D eigenvalue weighted by molar-refractivity contribution is 6.34. The zero-order valence-corrected chi connectivity index (χ0v) is 10.3. The Hall–Kier alpha value is -1.62. The first kappa shape index (κ1) is 12.8. The van der Waals surface area contributed by atoms with Gasteiger partial charge >= 0.3 is 0 Å². The molecule has 1 aromatic carbocycles. The molecule has 1 aromatic rings. The minimum absolute atomic E-state index is 0.0238. The fourth-order valence-electron chi connectivity index (χ4n) is 1.80. The topological polar surface area (TPSA) is 58.2 Å². The number of amides is 2. The first-order valence-corrected chi connectivity index (χ1v) is 5.97. The van der Waals surface area contributed by atoms with Gasteiger partial charge in [0.25, 0.3) is 5.91 Å². The van der Waals surface area contributed by atoms with Crippen LogP contribution >= 0.6 is 11.6 Å². The molecule has 0 radical (unpaired) electrons. The predicted octanol–water partition coefficient (Wildman–Crippen LogP) is 1.49. The van der Waals surface area contributed by atoms with E-state index in [2.05, 4.69) is 10.6 Å². The summed E-state index contributed by atoms with van der Waals surface area (Å²) in [5, 5.41) is 5.19. The molecule has 0 bridgehead atoms. The first-order chi connectivity index (χ1) is 8.58. The minimum atomic E-state index is -0.624. The molecular formula is C12H12ClFN2O2. The fourth-order valence-corrected chi connectivity index (χ4v) is 2.01. The number of hydrogen-bond donors (Lipinski definition) is 2. The number of piperidine rings is 1. The van der Waals surface area contributed by atoms with Crippen LogP contribution < -0.4 is 10.6 Å². The molecule has 0 aliphatic carbocycles. The van der Waals surface area contributed by atoms with Gasteiger partial charge in [0.1, 0.15) is 5.82 Å². The molecule has 1 fully saturated rings. The van der Waals surface area contributed by atoms with Crippen molar-refractivity contribution >= 4 is 23.4 Å². The van der Waals surface area contributed by atoms with Crippen LogP contribution in [0.15, 0.2) is 18.2 Å². The number of halogens is 2. The third-order valence-corrected chi connectivity index (χ3v) is 3.18. The van der Waals surface area contributed by atoms with Gasteiger partial charge in [-0.15, -0.1) is 0 Å². The lowest BCUT2D eigenvalue weighted by Crippen LogP contribution is -2.47. The molecule has 96 valence electrons. The molecule has 4 nitrogen and oxygen atoms in total. The van der Waals surface area contributed by atoms with Crippen molar-refractivity contribution in [3.63, 3.8) is 0 Å². The van der Waals surface area contributed by atoms with Gasteiger partial charge in [-0.3, -0.25) is 9.59 Å². The van der Waals surface area contributed by atoms with E-state index in [9.17, 15) is 14.0 Å². The van der Waals surface area contributed by atoms with E-state index in [0.29, 0.717) is 19.4 Å². The molecular weight excluding hydrogens is 259 g/mol. The van der Waals surface area contributed by atoms with Crippen LogP contribution in [0, 0.1) is 5.82 Å². The molecule has 1 heterocycles. The van der Waals surface area contributed by atoms with Gasteiger partial charge in [0.05, 0.1) is 10.6 Å². The van der Waals surface area contributed by atoms with Crippen LogP contribution in [0.25, 0.3) is 0 Å². The highest BCUT2D eigenvalue weighted by Crippen LogP contribution is 2.19. The lowest BCUT2D eigenvalue weighted by molar-refractivity contribution is -0.122. The maximum absolute atomic E-state index is 13.2. The molecule has 6 heteroatoms. The van der Waals surface area contributed by atoms with Crippen LogP contribution in [-0.2, 0) is 4.79 Å². The molecule has 18 heavy (non-hydrogen) atoms. The van der Waals surface area contributed by atoms with Gasteiger partial charge < -0.3 is 10.6 Å². The number of carbonyl (C=O) groups is 2. The zero-order valence-electron chi connectivity index (χ0n) is 9.50. The Morgan fingerprint density at radius 3 is 2.94 bits per heavy atom. The second-order valence-corrected chi connectivity index (χ2v) is 4.49. The van der Waals surface area contributed by atoms with Crippen LogP contribution in [0.2, 0.25) is 5.02 Å². The summed E-state index contributed by atoms with van der Waals surface area (Å²) in [5.41, 5.74) is 0.105. The van der Waals surface area contributed by atoms with Gasteiger partial charge in [0, 0.05) is 19.0 Å². The van der Waals surface area contributed by atoms with Crippen LogP contribution in [0.1, 0.15) is 23.2 Å². The smallest absolute Gasteiger partial charge is 0.253 e. The maximum Gasteiger partial charge on any atom is 0.253 e. The summed E-state index contributed by atoms with van der Waals surface area (Å²) in [5.74, 6) is -1.08. The van der Waals surface area contributed by atoms with E-state index in [1.54, 1.807) is 0 Å². The Morgan fingerprint density at radius 2 is 2.28 bits per heavy atom. The van der Waals surface area contributed by atoms with Crippen molar-refractivity contribution in [1.29, 1.82) is 0 Å². The fraction of sp³-hybridized carbons (Fsp3) is 0.333. The van der Waals surface area contributed by atoms with Crippen LogP contribution in [0.3, 0.4) is 0 Å². The summed E-state index contributed by atoms with van der Waals surface area (Å²) in [6, 6.07) is 3.94. The third kappa shape index (κ3) is 2.79. The van der Waals surface area contributed by atoms with Crippen molar-refractivity contribution in [3.8, 4) is 0 Å². The minimum Gasteiger partial charge on any atom is -0.354 e. The zero-order chi connectivity index (χ0) is 13.1. The average Bonchev–Trinajstić information content (AvgIpc) is 2.35. The van der Waals surface area contributed by atoms with Crippen LogP contribution in [-0.4, -0.2) is 24.4 Å². The van der Waals surface area contributed by atoms with Crippen molar-refractivity contribution in [2.75, 3.05) is 6.54 Å². The quantitative estimate of drug-likeness (QED) is 0.855. The lowest BCUT2D eigenvalue weighted by atomic mass is 10.1. The molecule has 1 aliphatic heterocycles. The van der Waals surface area contributed by atoms with E-state index in [-0.39, 0.29) is 22.5 Å². The van der Waals surface area contributed by atoms with Gasteiger partial charge in [-0.25, -0.2) is 4.39 Å². The number of hydrogen-bond acceptors (Lipinski definition) is 2. The van der Waals surface area contributed by atoms with Gasteiger partial charge in [0.15, 0.2) is 0 Å². The molecule has 0 spiro atoms. The van der Waals surface area contributed by atoms with E-state index in [4.69, 9.17) is 11.6 Å². The summed E-state index contributed by atoms with van der Waals surface area (Å²) in [6.07, 6.45) is 0.951. The SMILES string of the molecule is O=C1CCC(NC(=O)c2cccc(F)c2Cl)CN1. The Balaban J connectivity index is 2.03. The van der Waals surface area contributed by atoms with E-state index < -0.39 is 11.7 Å². The molecule has 0 saturated carbocycles. The highest BCUT2D eigenvalue weighted by Gasteiger charge is 2.21. The summed E-state index contributed by atoms with van der Waals surface area (Å²) in [4.78, 5) is 22.9. The summed E-state index contributed by atoms with van der Waals surface area (Å²) >= 11 is 5.72. The van der Waals surface area contributed by atoms with Gasteiger partial charge in [-0.2, -0.15) is 0 Å².